The van der Waals surface area contributed by atoms with Crippen molar-refractivity contribution in [2.75, 3.05) is 26.1 Å². The van der Waals surface area contributed by atoms with Crippen LogP contribution in [0.25, 0.3) is 0 Å². The maximum atomic E-state index is 11.9. The highest BCUT2D eigenvalue weighted by Gasteiger charge is 2.08. The Hall–Kier alpha value is -4.08. The lowest BCUT2D eigenvalue weighted by molar-refractivity contribution is -0.124. The highest BCUT2D eigenvalue weighted by molar-refractivity contribution is 5.93. The summed E-state index contributed by atoms with van der Waals surface area (Å²) in [4.78, 5) is 34.7. The molecule has 2 rings (SSSR count). The molecule has 164 valence electrons. The topological polar surface area (TPSA) is 141 Å². The number of benzene rings is 2. The van der Waals surface area contributed by atoms with Crippen molar-refractivity contribution in [1.29, 1.82) is 0 Å². The van der Waals surface area contributed by atoms with Crippen LogP contribution in [0, 0.1) is 0 Å². The largest absolute Gasteiger partial charge is 0.497 e. The van der Waals surface area contributed by atoms with Crippen molar-refractivity contribution in [3.05, 3.63) is 48.0 Å². The Morgan fingerprint density at radius 1 is 0.968 bits per heavy atom. The van der Waals surface area contributed by atoms with Crippen molar-refractivity contribution in [3.63, 3.8) is 0 Å². The lowest BCUT2D eigenvalue weighted by Gasteiger charge is -2.09. The van der Waals surface area contributed by atoms with E-state index in [1.54, 1.807) is 49.6 Å². The first-order chi connectivity index (χ1) is 14.9. The fourth-order valence-corrected chi connectivity index (χ4v) is 2.39. The highest BCUT2D eigenvalue weighted by atomic mass is 16.5. The molecule has 3 amide bonds. The molecule has 10 nitrogen and oxygen atoms in total. The molecule has 4 N–H and O–H groups in total. The Bertz CT molecular complexity index is 943. The van der Waals surface area contributed by atoms with Gasteiger partial charge in [-0.3, -0.25) is 14.4 Å². The van der Waals surface area contributed by atoms with E-state index in [4.69, 9.17) is 19.9 Å². The van der Waals surface area contributed by atoms with Crippen LogP contribution >= 0.6 is 0 Å². The Morgan fingerprint density at radius 3 is 2.32 bits per heavy atom. The zero-order valence-corrected chi connectivity index (χ0v) is 17.2. The Morgan fingerprint density at radius 2 is 1.68 bits per heavy atom. The monoisotopic (exact) mass is 428 g/mol. The molecule has 0 heterocycles. The van der Waals surface area contributed by atoms with E-state index < -0.39 is 11.8 Å². The number of hydrazone groups is 1. The molecule has 0 aromatic heterocycles. The summed E-state index contributed by atoms with van der Waals surface area (Å²) in [5, 5.41) is 6.56. The van der Waals surface area contributed by atoms with Gasteiger partial charge in [-0.1, -0.05) is 0 Å². The summed E-state index contributed by atoms with van der Waals surface area (Å²) in [6.45, 7) is -0.272. The number of methoxy groups -OCH3 is 2. The van der Waals surface area contributed by atoms with E-state index in [2.05, 4.69) is 15.8 Å². The molecule has 0 saturated heterocycles. The summed E-state index contributed by atoms with van der Waals surface area (Å²) in [7, 11) is 3.01. The van der Waals surface area contributed by atoms with E-state index in [1.807, 2.05) is 0 Å². The molecule has 0 unspecified atom stereocenters. The number of rotatable bonds is 11. The molecule has 0 fully saturated rings. The molecule has 0 spiro atoms. The van der Waals surface area contributed by atoms with E-state index >= 15 is 0 Å². The second-order valence-corrected chi connectivity index (χ2v) is 6.24. The molecule has 0 atom stereocenters. The van der Waals surface area contributed by atoms with Crippen LogP contribution in [0.15, 0.2) is 47.6 Å². The standard InChI is InChI=1S/C21H24N4O6/c1-29-16-6-4-15(5-7-16)24-20(27)9-10-21(28)25-23-12-14-3-8-17(18(11-14)30-2)31-13-19(22)26/h3-8,11-12H,9-10,13H2,1-2H3,(H2,22,26)(H,24,27)(H,25,28)/b23-12+. The first-order valence-electron chi connectivity index (χ1n) is 9.26. The molecule has 0 aliphatic heterocycles. The first-order valence-corrected chi connectivity index (χ1v) is 9.26. The second kappa shape index (κ2) is 11.8. The number of nitrogens with zero attached hydrogens (tertiary/aromatic N) is 1. The number of carbonyl (C=O) groups is 3. The molecule has 10 heteroatoms. The van der Waals surface area contributed by atoms with Gasteiger partial charge in [-0.2, -0.15) is 5.10 Å². The fourth-order valence-electron chi connectivity index (χ4n) is 2.39. The minimum atomic E-state index is -0.604. The third kappa shape index (κ3) is 8.05. The average molecular weight is 428 g/mol. The number of hydrogen-bond donors (Lipinski definition) is 3. The molecular weight excluding hydrogens is 404 g/mol. The number of nitrogens with two attached hydrogens (primary N) is 1. The van der Waals surface area contributed by atoms with Crippen molar-refractivity contribution >= 4 is 29.6 Å². The molecule has 2 aromatic rings. The normalized spacial score (nSPS) is 10.4. The minimum Gasteiger partial charge on any atom is -0.497 e. The van der Waals surface area contributed by atoms with Crippen LogP contribution in [0.5, 0.6) is 17.2 Å². The average Bonchev–Trinajstić information content (AvgIpc) is 2.77. The van der Waals surface area contributed by atoms with Crippen molar-refractivity contribution < 1.29 is 28.6 Å². The van der Waals surface area contributed by atoms with Gasteiger partial charge in [-0.25, -0.2) is 5.43 Å². The van der Waals surface area contributed by atoms with Gasteiger partial charge in [0.25, 0.3) is 5.91 Å². The van der Waals surface area contributed by atoms with Crippen molar-refractivity contribution in [3.8, 4) is 17.2 Å². The maximum Gasteiger partial charge on any atom is 0.255 e. The van der Waals surface area contributed by atoms with Crippen molar-refractivity contribution in [1.82, 2.24) is 5.43 Å². The summed E-state index contributed by atoms with van der Waals surface area (Å²) in [6.07, 6.45) is 1.39. The number of amides is 3. The Kier molecular flexibility index (Phi) is 8.84. The van der Waals surface area contributed by atoms with Crippen LogP contribution in [0.1, 0.15) is 18.4 Å². The van der Waals surface area contributed by atoms with Crippen LogP contribution in [-0.2, 0) is 14.4 Å². The summed E-state index contributed by atoms with van der Waals surface area (Å²) in [6, 6.07) is 11.7. The van der Waals surface area contributed by atoms with Crippen LogP contribution in [0.2, 0.25) is 0 Å². The van der Waals surface area contributed by atoms with Gasteiger partial charge in [-0.05, 0) is 48.0 Å². The predicted molar refractivity (Wildman–Crippen MR) is 114 cm³/mol. The summed E-state index contributed by atoms with van der Waals surface area (Å²) < 4.78 is 15.5. The van der Waals surface area contributed by atoms with Gasteiger partial charge in [0.15, 0.2) is 18.1 Å². The SMILES string of the molecule is COc1ccc(NC(=O)CCC(=O)N/N=C/c2ccc(OCC(N)=O)c(OC)c2)cc1. The van der Waals surface area contributed by atoms with E-state index in [9.17, 15) is 14.4 Å². The number of carbonyl (C=O) groups excluding carboxylic acids is 3. The zero-order valence-electron chi connectivity index (χ0n) is 17.2. The Labute approximate surface area is 179 Å². The predicted octanol–water partition coefficient (Wildman–Crippen LogP) is 1.44. The summed E-state index contributed by atoms with van der Waals surface area (Å²) >= 11 is 0. The third-order valence-corrected chi connectivity index (χ3v) is 3.91. The van der Waals surface area contributed by atoms with Crippen LogP contribution in [0.3, 0.4) is 0 Å². The molecule has 0 bridgehead atoms. The number of primary amides is 1. The molecule has 0 saturated carbocycles. The van der Waals surface area contributed by atoms with Gasteiger partial charge < -0.3 is 25.3 Å². The molecule has 2 aromatic carbocycles. The molecule has 31 heavy (non-hydrogen) atoms. The van der Waals surface area contributed by atoms with Gasteiger partial charge in [0.1, 0.15) is 5.75 Å². The van der Waals surface area contributed by atoms with Gasteiger partial charge in [0.05, 0.1) is 20.4 Å². The molecule has 0 radical (unpaired) electrons. The number of hydrogen-bond acceptors (Lipinski definition) is 7. The van der Waals surface area contributed by atoms with Gasteiger partial charge >= 0.3 is 0 Å². The number of anilines is 1. The zero-order chi connectivity index (χ0) is 22.6. The maximum absolute atomic E-state index is 11.9. The van der Waals surface area contributed by atoms with Crippen molar-refractivity contribution in [2.24, 2.45) is 10.8 Å². The quantitative estimate of drug-likeness (QED) is 0.365. The highest BCUT2D eigenvalue weighted by Crippen LogP contribution is 2.27. The lowest BCUT2D eigenvalue weighted by atomic mass is 10.2. The first kappa shape index (κ1) is 23.2. The van der Waals surface area contributed by atoms with Crippen LogP contribution < -0.4 is 30.7 Å². The summed E-state index contributed by atoms with van der Waals surface area (Å²) in [5.41, 5.74) is 8.65. The smallest absolute Gasteiger partial charge is 0.255 e. The third-order valence-electron chi connectivity index (χ3n) is 3.91. The fraction of sp³-hybridized carbons (Fsp3) is 0.238. The van der Waals surface area contributed by atoms with E-state index in [0.29, 0.717) is 28.5 Å². The second-order valence-electron chi connectivity index (χ2n) is 6.24. The van der Waals surface area contributed by atoms with Gasteiger partial charge in [0.2, 0.25) is 11.8 Å². The van der Waals surface area contributed by atoms with E-state index in [-0.39, 0.29) is 25.4 Å². The molecule has 0 aliphatic carbocycles. The van der Waals surface area contributed by atoms with Gasteiger partial charge in [-0.15, -0.1) is 0 Å². The van der Waals surface area contributed by atoms with Crippen molar-refractivity contribution in [2.45, 2.75) is 12.8 Å². The van der Waals surface area contributed by atoms with Crippen LogP contribution in [-0.4, -0.2) is 44.8 Å². The minimum absolute atomic E-state index is 0.00705. The van der Waals surface area contributed by atoms with E-state index in [0.717, 1.165) is 0 Å². The van der Waals surface area contributed by atoms with E-state index in [1.165, 1.54) is 13.3 Å². The Balaban J connectivity index is 1.79. The number of ether oxygens (including phenoxy) is 3. The van der Waals surface area contributed by atoms with Crippen LogP contribution in [0.4, 0.5) is 5.69 Å². The number of nitrogens with one attached hydrogen (secondary N) is 2. The molecular formula is C21H24N4O6. The lowest BCUT2D eigenvalue weighted by Crippen LogP contribution is -2.20. The molecule has 0 aliphatic rings. The summed E-state index contributed by atoms with van der Waals surface area (Å²) in [5.74, 6) is 0.112. The van der Waals surface area contributed by atoms with Gasteiger partial charge in [0, 0.05) is 18.5 Å².